The number of sulfonamides is 1. The first-order valence-corrected chi connectivity index (χ1v) is 10.9. The lowest BCUT2D eigenvalue weighted by Gasteiger charge is -2.38. The van der Waals surface area contributed by atoms with Crippen molar-refractivity contribution < 1.29 is 13.2 Å². The molecule has 1 aliphatic heterocycles. The van der Waals surface area contributed by atoms with Gasteiger partial charge in [0.05, 0.1) is 23.9 Å². The molecule has 3 rings (SSSR count). The molecule has 7 heteroatoms. The summed E-state index contributed by atoms with van der Waals surface area (Å²) in [6.45, 7) is 5.92. The number of nitrogens with one attached hydrogen (secondary N) is 2. The molecule has 0 spiro atoms. The van der Waals surface area contributed by atoms with E-state index in [9.17, 15) is 8.42 Å². The normalized spacial score (nSPS) is 20.3. The van der Waals surface area contributed by atoms with E-state index in [1.54, 1.807) is 25.3 Å². The van der Waals surface area contributed by atoms with Crippen molar-refractivity contribution in [1.29, 1.82) is 0 Å². The van der Waals surface area contributed by atoms with Gasteiger partial charge in [0.15, 0.2) is 0 Å². The van der Waals surface area contributed by atoms with Gasteiger partial charge in [0, 0.05) is 25.2 Å². The number of anilines is 2. The molecule has 2 aromatic rings. The van der Waals surface area contributed by atoms with Gasteiger partial charge in [-0.05, 0) is 43.7 Å². The molecule has 2 N–H and O–H groups in total. The van der Waals surface area contributed by atoms with Gasteiger partial charge < -0.3 is 15.0 Å². The quantitative estimate of drug-likeness (QED) is 0.777. The third kappa shape index (κ3) is 5.27. The summed E-state index contributed by atoms with van der Waals surface area (Å²) in [7, 11) is -2.00. The summed E-state index contributed by atoms with van der Waals surface area (Å²) in [5.41, 5.74) is 2.22. The van der Waals surface area contributed by atoms with Crippen molar-refractivity contribution in [1.82, 2.24) is 5.32 Å². The molecule has 1 saturated heterocycles. The van der Waals surface area contributed by atoms with Crippen molar-refractivity contribution in [2.45, 2.75) is 25.9 Å². The van der Waals surface area contributed by atoms with Gasteiger partial charge in [-0.25, -0.2) is 8.42 Å². The number of piperazine rings is 1. The molecule has 6 nitrogen and oxygen atoms in total. The molecular formula is C21H27N3O3S. The van der Waals surface area contributed by atoms with Gasteiger partial charge in [0.2, 0.25) is 0 Å². The molecule has 0 bridgehead atoms. The van der Waals surface area contributed by atoms with E-state index < -0.39 is 10.0 Å². The Bertz CT molecular complexity index is 919. The summed E-state index contributed by atoms with van der Waals surface area (Å²) in [4.78, 5) is 2.22. The number of hydrogen-bond donors (Lipinski definition) is 2. The predicted molar refractivity (Wildman–Crippen MR) is 115 cm³/mol. The standard InChI is InChI=1S/C21H27N3O3S/c1-16-14-24(15-17(2)22-16)20-13-19(9-10-21(20)27-3)23-28(25,26)12-11-18-7-5-4-6-8-18/h4-13,16-17,22-23H,14-15H2,1-3H3/b12-11+/t16-,17+. The summed E-state index contributed by atoms with van der Waals surface area (Å²) in [5, 5.41) is 4.68. The molecule has 28 heavy (non-hydrogen) atoms. The molecule has 1 heterocycles. The van der Waals surface area contributed by atoms with Gasteiger partial charge >= 0.3 is 0 Å². The van der Waals surface area contributed by atoms with Crippen molar-refractivity contribution >= 4 is 27.5 Å². The second-order valence-corrected chi connectivity index (χ2v) is 8.69. The Hall–Kier alpha value is -2.51. The lowest BCUT2D eigenvalue weighted by molar-refractivity contribution is 0.391. The van der Waals surface area contributed by atoms with Gasteiger partial charge in [-0.2, -0.15) is 0 Å². The second-order valence-electron chi connectivity index (χ2n) is 7.12. The molecular weight excluding hydrogens is 374 g/mol. The summed E-state index contributed by atoms with van der Waals surface area (Å²) in [6, 6.07) is 15.3. The van der Waals surface area contributed by atoms with Crippen LogP contribution in [-0.2, 0) is 10.0 Å². The SMILES string of the molecule is COc1ccc(NS(=O)(=O)/C=C/c2ccccc2)cc1N1C[C@@H](C)N[C@@H](C)C1. The van der Waals surface area contributed by atoms with Crippen molar-refractivity contribution in [2.24, 2.45) is 0 Å². The van der Waals surface area contributed by atoms with E-state index in [1.807, 2.05) is 36.4 Å². The molecule has 0 aromatic heterocycles. The van der Waals surface area contributed by atoms with Crippen molar-refractivity contribution in [2.75, 3.05) is 29.8 Å². The molecule has 0 radical (unpaired) electrons. The minimum atomic E-state index is -3.62. The third-order valence-corrected chi connectivity index (χ3v) is 5.59. The minimum absolute atomic E-state index is 0.336. The summed E-state index contributed by atoms with van der Waals surface area (Å²) in [5.74, 6) is 0.726. The van der Waals surface area contributed by atoms with Crippen LogP contribution in [0.5, 0.6) is 5.75 Å². The molecule has 1 fully saturated rings. The van der Waals surface area contributed by atoms with Crippen LogP contribution in [-0.4, -0.2) is 40.7 Å². The molecule has 1 aliphatic rings. The Labute approximate surface area is 167 Å². The fourth-order valence-electron chi connectivity index (χ4n) is 3.45. The Morgan fingerprint density at radius 2 is 1.79 bits per heavy atom. The van der Waals surface area contributed by atoms with Gasteiger partial charge in [0.25, 0.3) is 10.0 Å². The highest BCUT2D eigenvalue weighted by Gasteiger charge is 2.23. The molecule has 150 valence electrons. The first kappa shape index (κ1) is 20.2. The zero-order valence-corrected chi connectivity index (χ0v) is 17.2. The van der Waals surface area contributed by atoms with Crippen molar-refractivity contribution in [3.8, 4) is 5.75 Å². The van der Waals surface area contributed by atoms with Crippen LogP contribution < -0.4 is 19.7 Å². The maximum atomic E-state index is 12.5. The lowest BCUT2D eigenvalue weighted by atomic mass is 10.1. The van der Waals surface area contributed by atoms with E-state index in [-0.39, 0.29) is 0 Å². The van der Waals surface area contributed by atoms with Crippen LogP contribution in [0.3, 0.4) is 0 Å². The third-order valence-electron chi connectivity index (χ3n) is 4.58. The van der Waals surface area contributed by atoms with E-state index in [4.69, 9.17) is 4.74 Å². The maximum absolute atomic E-state index is 12.5. The average molecular weight is 402 g/mol. The highest BCUT2D eigenvalue weighted by molar-refractivity contribution is 7.95. The predicted octanol–water partition coefficient (Wildman–Crippen LogP) is 3.29. The van der Waals surface area contributed by atoms with Gasteiger partial charge in [-0.15, -0.1) is 0 Å². The lowest BCUT2D eigenvalue weighted by Crippen LogP contribution is -2.54. The van der Waals surface area contributed by atoms with Crippen LogP contribution >= 0.6 is 0 Å². The fraction of sp³-hybridized carbons (Fsp3) is 0.333. The van der Waals surface area contributed by atoms with E-state index in [1.165, 1.54) is 5.41 Å². The van der Waals surface area contributed by atoms with Gasteiger partial charge in [0.1, 0.15) is 5.75 Å². The fourth-order valence-corrected chi connectivity index (χ4v) is 4.31. The number of rotatable bonds is 6. The second kappa shape index (κ2) is 8.67. The highest BCUT2D eigenvalue weighted by Crippen LogP contribution is 2.33. The Morgan fingerprint density at radius 3 is 2.43 bits per heavy atom. The van der Waals surface area contributed by atoms with E-state index in [2.05, 4.69) is 28.8 Å². The first-order valence-electron chi connectivity index (χ1n) is 9.31. The Balaban J connectivity index is 1.81. The number of hydrogen-bond acceptors (Lipinski definition) is 5. The van der Waals surface area contributed by atoms with Crippen molar-refractivity contribution in [3.05, 3.63) is 59.5 Å². The van der Waals surface area contributed by atoms with E-state index in [0.29, 0.717) is 17.8 Å². The molecule has 0 aliphatic carbocycles. The topological polar surface area (TPSA) is 70.7 Å². The monoisotopic (exact) mass is 401 g/mol. The van der Waals surface area contributed by atoms with Crippen molar-refractivity contribution in [3.63, 3.8) is 0 Å². The smallest absolute Gasteiger partial charge is 0.255 e. The van der Waals surface area contributed by atoms with Crippen LogP contribution in [0.15, 0.2) is 53.9 Å². The first-order chi connectivity index (χ1) is 13.4. The summed E-state index contributed by atoms with van der Waals surface area (Å²) in [6.07, 6.45) is 1.58. The molecule has 0 amide bonds. The van der Waals surface area contributed by atoms with Gasteiger partial charge in [-0.1, -0.05) is 30.3 Å². The number of methoxy groups -OCH3 is 1. The van der Waals surface area contributed by atoms with Gasteiger partial charge in [-0.3, -0.25) is 4.72 Å². The molecule has 2 atom stereocenters. The van der Waals surface area contributed by atoms with E-state index >= 15 is 0 Å². The highest BCUT2D eigenvalue weighted by atomic mass is 32.2. The number of ether oxygens (including phenoxy) is 1. The molecule has 2 aromatic carbocycles. The van der Waals surface area contributed by atoms with Crippen LogP contribution in [0.25, 0.3) is 6.08 Å². The Kier molecular flexibility index (Phi) is 6.26. The number of benzene rings is 2. The molecule has 0 unspecified atom stereocenters. The number of nitrogens with zero attached hydrogens (tertiary/aromatic N) is 1. The zero-order chi connectivity index (χ0) is 20.1. The Morgan fingerprint density at radius 1 is 1.11 bits per heavy atom. The molecule has 0 saturated carbocycles. The van der Waals surface area contributed by atoms with Crippen LogP contribution in [0, 0.1) is 0 Å². The van der Waals surface area contributed by atoms with Crippen LogP contribution in [0.4, 0.5) is 11.4 Å². The summed E-state index contributed by atoms with van der Waals surface area (Å²) >= 11 is 0. The van der Waals surface area contributed by atoms with Crippen LogP contribution in [0.2, 0.25) is 0 Å². The maximum Gasteiger partial charge on any atom is 0.255 e. The van der Waals surface area contributed by atoms with E-state index in [0.717, 1.165) is 30.1 Å². The average Bonchev–Trinajstić information content (AvgIpc) is 2.66. The largest absolute Gasteiger partial charge is 0.495 e. The van der Waals surface area contributed by atoms with Crippen LogP contribution in [0.1, 0.15) is 19.4 Å². The minimum Gasteiger partial charge on any atom is -0.495 e. The summed E-state index contributed by atoms with van der Waals surface area (Å²) < 4.78 is 33.1. The zero-order valence-electron chi connectivity index (χ0n) is 16.4.